The normalized spacial score (nSPS) is 14.2. The molecule has 39 heavy (non-hydrogen) atoms. The fraction of sp³-hybridized carbons (Fsp3) is 0.320. The Bertz CT molecular complexity index is 1540. The van der Waals surface area contributed by atoms with Crippen molar-refractivity contribution in [3.05, 3.63) is 59.5 Å². The predicted octanol–water partition coefficient (Wildman–Crippen LogP) is 4.84. The summed E-state index contributed by atoms with van der Waals surface area (Å²) in [4.78, 5) is 21.1. The zero-order chi connectivity index (χ0) is 27.9. The van der Waals surface area contributed by atoms with E-state index in [1.165, 1.54) is 19.2 Å². The van der Waals surface area contributed by atoms with Crippen LogP contribution in [0.5, 0.6) is 5.88 Å². The third kappa shape index (κ3) is 5.13. The minimum atomic E-state index is -4.47. The first-order chi connectivity index (χ1) is 18.5. The van der Waals surface area contributed by atoms with Crippen LogP contribution < -0.4 is 15.4 Å². The molecule has 10 nitrogen and oxygen atoms in total. The van der Waals surface area contributed by atoms with Gasteiger partial charge in [-0.25, -0.2) is 14.4 Å². The zero-order valence-electron chi connectivity index (χ0n) is 21.1. The number of ether oxygens (including phenoxy) is 1. The third-order valence-corrected chi connectivity index (χ3v) is 6.47. The molecular formula is C25H23F4N7O3. The maximum absolute atomic E-state index is 14.9. The Morgan fingerprint density at radius 3 is 2.67 bits per heavy atom. The smallest absolute Gasteiger partial charge is 0.401 e. The van der Waals surface area contributed by atoms with Gasteiger partial charge in [0.2, 0.25) is 11.9 Å². The molecule has 1 amide bonds. The maximum Gasteiger partial charge on any atom is 0.401 e. The van der Waals surface area contributed by atoms with Gasteiger partial charge in [-0.2, -0.15) is 13.2 Å². The number of aromatic nitrogens is 5. The molecule has 0 saturated heterocycles. The standard InChI is InChI=1S/C25H23F4N7O3/c1-13-16(11-30-23(31-13)32-18-12-36(2)34-22(18)38-3)14-4-5-15(17(26)8-14)9-21(37)33-20-10-19(39-35-20)24(6-7-24)25(27,28)29/h4-5,8,10-12H,6-7,9H2,1-3H3,(H,30,31,32)(H,33,35,37). The molecule has 0 radical (unpaired) electrons. The SMILES string of the molecule is COc1nn(C)cc1Nc1ncc(-c2ccc(CC(=O)Nc3cc(C4(C(F)(F)F)CC4)on3)c(F)c2)c(C)n1. The number of alkyl halides is 3. The first kappa shape index (κ1) is 26.1. The Morgan fingerprint density at radius 2 is 2.03 bits per heavy atom. The topological polar surface area (TPSA) is 120 Å². The number of halogens is 4. The predicted molar refractivity (Wildman–Crippen MR) is 131 cm³/mol. The van der Waals surface area contributed by atoms with E-state index in [-0.39, 0.29) is 36.4 Å². The molecule has 0 unspecified atom stereocenters. The summed E-state index contributed by atoms with van der Waals surface area (Å²) >= 11 is 0. The molecule has 1 saturated carbocycles. The Hall–Kier alpha value is -4.49. The molecule has 0 spiro atoms. The molecule has 14 heteroatoms. The number of nitrogens with zero attached hydrogens (tertiary/aromatic N) is 5. The summed E-state index contributed by atoms with van der Waals surface area (Å²) < 4.78 is 66.3. The monoisotopic (exact) mass is 545 g/mol. The van der Waals surface area contributed by atoms with Crippen LogP contribution >= 0.6 is 0 Å². The Labute approximate surface area is 219 Å². The maximum atomic E-state index is 14.9. The van der Waals surface area contributed by atoms with E-state index in [0.717, 1.165) is 6.07 Å². The molecule has 3 heterocycles. The van der Waals surface area contributed by atoms with Crippen molar-refractivity contribution in [1.29, 1.82) is 0 Å². The lowest BCUT2D eigenvalue weighted by Crippen LogP contribution is -2.28. The summed E-state index contributed by atoms with van der Waals surface area (Å²) in [5, 5.41) is 13.1. The fourth-order valence-corrected chi connectivity index (χ4v) is 4.21. The van der Waals surface area contributed by atoms with E-state index >= 15 is 0 Å². The second kappa shape index (κ2) is 9.67. The van der Waals surface area contributed by atoms with Gasteiger partial charge in [-0.15, -0.1) is 5.10 Å². The average molecular weight is 545 g/mol. The highest BCUT2D eigenvalue weighted by molar-refractivity contribution is 5.91. The molecule has 204 valence electrons. The molecule has 0 aliphatic heterocycles. The van der Waals surface area contributed by atoms with Gasteiger partial charge in [0.15, 0.2) is 11.6 Å². The summed E-state index contributed by atoms with van der Waals surface area (Å²) in [6.45, 7) is 1.75. The van der Waals surface area contributed by atoms with E-state index in [9.17, 15) is 22.4 Å². The summed E-state index contributed by atoms with van der Waals surface area (Å²) in [5.74, 6) is -1.12. The number of carbonyl (C=O) groups excluding carboxylic acids is 1. The van der Waals surface area contributed by atoms with Crippen molar-refractivity contribution in [3.8, 4) is 17.0 Å². The molecule has 1 fully saturated rings. The molecule has 3 aromatic heterocycles. The molecule has 0 bridgehead atoms. The van der Waals surface area contributed by atoms with Crippen LogP contribution in [0.25, 0.3) is 11.1 Å². The van der Waals surface area contributed by atoms with Crippen molar-refractivity contribution in [2.24, 2.45) is 7.05 Å². The van der Waals surface area contributed by atoms with E-state index in [1.807, 2.05) is 0 Å². The summed E-state index contributed by atoms with van der Waals surface area (Å²) in [6.07, 6.45) is -1.76. The zero-order valence-corrected chi connectivity index (χ0v) is 21.1. The van der Waals surface area contributed by atoms with Crippen LogP contribution in [0.4, 0.5) is 35.0 Å². The minimum absolute atomic E-state index is 0.0921. The second-order valence-corrected chi connectivity index (χ2v) is 9.23. The van der Waals surface area contributed by atoms with Gasteiger partial charge < -0.3 is 19.9 Å². The minimum Gasteiger partial charge on any atom is -0.478 e. The quantitative estimate of drug-likeness (QED) is 0.302. The number of nitrogens with one attached hydrogen (secondary N) is 2. The van der Waals surface area contributed by atoms with Crippen LogP contribution in [-0.4, -0.2) is 44.1 Å². The molecule has 5 rings (SSSR count). The van der Waals surface area contributed by atoms with Gasteiger partial charge in [0.1, 0.15) is 16.9 Å². The number of hydrogen-bond donors (Lipinski definition) is 2. The van der Waals surface area contributed by atoms with Crippen LogP contribution in [0.15, 0.2) is 41.2 Å². The van der Waals surface area contributed by atoms with Crippen molar-refractivity contribution >= 4 is 23.4 Å². The molecular weight excluding hydrogens is 522 g/mol. The van der Waals surface area contributed by atoms with Gasteiger partial charge in [-0.1, -0.05) is 17.3 Å². The lowest BCUT2D eigenvalue weighted by molar-refractivity contribution is -0.165. The van der Waals surface area contributed by atoms with Crippen LogP contribution in [0, 0.1) is 12.7 Å². The molecule has 1 aromatic carbocycles. The van der Waals surface area contributed by atoms with Crippen LogP contribution in [0.2, 0.25) is 0 Å². The van der Waals surface area contributed by atoms with Crippen molar-refractivity contribution in [3.63, 3.8) is 0 Å². The van der Waals surface area contributed by atoms with Crippen molar-refractivity contribution < 1.29 is 31.6 Å². The second-order valence-electron chi connectivity index (χ2n) is 9.23. The van der Waals surface area contributed by atoms with Gasteiger partial charge in [0.05, 0.1) is 25.4 Å². The Morgan fingerprint density at radius 1 is 1.26 bits per heavy atom. The van der Waals surface area contributed by atoms with Crippen molar-refractivity contribution in [2.75, 3.05) is 17.7 Å². The first-order valence-corrected chi connectivity index (χ1v) is 11.8. The highest BCUT2D eigenvalue weighted by Gasteiger charge is 2.66. The Balaban J connectivity index is 1.25. The van der Waals surface area contributed by atoms with Gasteiger partial charge >= 0.3 is 6.18 Å². The number of aryl methyl sites for hydroxylation is 2. The van der Waals surface area contributed by atoms with E-state index in [2.05, 4.69) is 30.9 Å². The lowest BCUT2D eigenvalue weighted by Gasteiger charge is -2.14. The number of anilines is 3. The number of hydrogen-bond acceptors (Lipinski definition) is 8. The number of rotatable bonds is 8. The Kier molecular flexibility index (Phi) is 6.48. The molecule has 1 aliphatic rings. The molecule has 1 aliphatic carbocycles. The van der Waals surface area contributed by atoms with Crippen molar-refractivity contribution in [2.45, 2.75) is 37.8 Å². The van der Waals surface area contributed by atoms with E-state index in [0.29, 0.717) is 34.3 Å². The number of carbonyl (C=O) groups is 1. The summed E-state index contributed by atoms with van der Waals surface area (Å²) in [7, 11) is 3.24. The molecule has 2 N–H and O–H groups in total. The first-order valence-electron chi connectivity index (χ1n) is 11.8. The average Bonchev–Trinajstić information content (AvgIpc) is 3.45. The van der Waals surface area contributed by atoms with Gasteiger partial charge in [0.25, 0.3) is 5.88 Å². The van der Waals surface area contributed by atoms with Crippen LogP contribution in [-0.2, 0) is 23.7 Å². The number of amides is 1. The third-order valence-electron chi connectivity index (χ3n) is 6.47. The lowest BCUT2D eigenvalue weighted by atomic mass is 10.0. The van der Waals surface area contributed by atoms with Crippen LogP contribution in [0.1, 0.15) is 29.9 Å². The largest absolute Gasteiger partial charge is 0.478 e. The van der Waals surface area contributed by atoms with Gasteiger partial charge in [0, 0.05) is 24.9 Å². The summed E-state index contributed by atoms with van der Waals surface area (Å²) in [5.41, 5.74) is 0.288. The van der Waals surface area contributed by atoms with Crippen LogP contribution in [0.3, 0.4) is 0 Å². The summed E-state index contributed by atoms with van der Waals surface area (Å²) in [6, 6.07) is 5.40. The van der Waals surface area contributed by atoms with E-state index in [1.54, 1.807) is 37.1 Å². The highest BCUT2D eigenvalue weighted by atomic mass is 19.4. The number of benzene rings is 1. The van der Waals surface area contributed by atoms with E-state index in [4.69, 9.17) is 9.26 Å². The molecule has 4 aromatic rings. The molecule has 0 atom stereocenters. The fourth-order valence-electron chi connectivity index (χ4n) is 4.21. The van der Waals surface area contributed by atoms with Gasteiger partial charge in [-0.05, 0) is 37.0 Å². The van der Waals surface area contributed by atoms with Gasteiger partial charge in [-0.3, -0.25) is 9.48 Å². The van der Waals surface area contributed by atoms with Crippen molar-refractivity contribution in [1.82, 2.24) is 24.9 Å². The van der Waals surface area contributed by atoms with E-state index < -0.39 is 23.3 Å². The highest BCUT2D eigenvalue weighted by Crippen LogP contribution is 2.59. The number of methoxy groups -OCH3 is 1.